The largest absolute Gasteiger partial charge is 0.494 e. The molecule has 3 atom stereocenters. The first-order chi connectivity index (χ1) is 9.74. The lowest BCUT2D eigenvalue weighted by Gasteiger charge is -2.34. The third-order valence-corrected chi connectivity index (χ3v) is 4.76. The SMILES string of the molecule is CCCOc1ccc(C2CCC(CCC)CC2C)cc1. The average molecular weight is 274 g/mol. The van der Waals surface area contributed by atoms with Crippen molar-refractivity contribution in [3.8, 4) is 5.75 Å². The Morgan fingerprint density at radius 2 is 1.80 bits per heavy atom. The van der Waals surface area contributed by atoms with Crippen LogP contribution in [0.1, 0.15) is 70.8 Å². The van der Waals surface area contributed by atoms with Gasteiger partial charge in [0.05, 0.1) is 6.61 Å². The van der Waals surface area contributed by atoms with Crippen LogP contribution in [0.3, 0.4) is 0 Å². The summed E-state index contributed by atoms with van der Waals surface area (Å²) in [6.45, 7) is 7.71. The van der Waals surface area contributed by atoms with Gasteiger partial charge in [0.1, 0.15) is 5.75 Å². The lowest BCUT2D eigenvalue weighted by Crippen LogP contribution is -2.21. The second-order valence-electron chi connectivity index (χ2n) is 6.47. The average Bonchev–Trinajstić information content (AvgIpc) is 2.46. The quantitative estimate of drug-likeness (QED) is 0.637. The van der Waals surface area contributed by atoms with Crippen LogP contribution in [0.4, 0.5) is 0 Å². The van der Waals surface area contributed by atoms with E-state index in [0.717, 1.165) is 36.5 Å². The van der Waals surface area contributed by atoms with E-state index in [0.29, 0.717) is 0 Å². The molecule has 1 saturated carbocycles. The van der Waals surface area contributed by atoms with E-state index < -0.39 is 0 Å². The zero-order chi connectivity index (χ0) is 14.4. The zero-order valence-electron chi connectivity index (χ0n) is 13.4. The maximum Gasteiger partial charge on any atom is 0.119 e. The molecule has 1 aliphatic rings. The summed E-state index contributed by atoms with van der Waals surface area (Å²) in [4.78, 5) is 0. The lowest BCUT2D eigenvalue weighted by atomic mass is 9.71. The van der Waals surface area contributed by atoms with Crippen LogP contribution in [0.2, 0.25) is 0 Å². The van der Waals surface area contributed by atoms with Crippen molar-refractivity contribution in [2.45, 2.75) is 65.2 Å². The van der Waals surface area contributed by atoms with Gasteiger partial charge >= 0.3 is 0 Å². The van der Waals surface area contributed by atoms with Gasteiger partial charge in [0.2, 0.25) is 0 Å². The van der Waals surface area contributed by atoms with Crippen molar-refractivity contribution in [2.75, 3.05) is 6.61 Å². The van der Waals surface area contributed by atoms with E-state index in [1.807, 2.05) is 0 Å². The highest BCUT2D eigenvalue weighted by molar-refractivity contribution is 5.30. The van der Waals surface area contributed by atoms with Gasteiger partial charge in [-0.15, -0.1) is 0 Å². The molecule has 1 nitrogen and oxygen atoms in total. The van der Waals surface area contributed by atoms with Gasteiger partial charge in [-0.2, -0.15) is 0 Å². The van der Waals surface area contributed by atoms with E-state index in [2.05, 4.69) is 45.0 Å². The number of hydrogen-bond donors (Lipinski definition) is 0. The first-order valence-electron chi connectivity index (χ1n) is 8.47. The predicted octanol–water partition coefficient (Wildman–Crippen LogP) is 5.80. The standard InChI is InChI=1S/C19H30O/c1-4-6-16-7-12-19(15(3)14-16)17-8-10-18(11-9-17)20-13-5-2/h8-11,15-16,19H,4-7,12-14H2,1-3H3. The molecule has 20 heavy (non-hydrogen) atoms. The molecule has 1 heteroatoms. The molecule has 1 aromatic carbocycles. The molecule has 112 valence electrons. The van der Waals surface area contributed by atoms with Crippen molar-refractivity contribution in [1.82, 2.24) is 0 Å². The van der Waals surface area contributed by atoms with E-state index in [4.69, 9.17) is 4.74 Å². The number of ether oxygens (including phenoxy) is 1. The minimum Gasteiger partial charge on any atom is -0.494 e. The summed E-state index contributed by atoms with van der Waals surface area (Å²) in [7, 11) is 0. The fraction of sp³-hybridized carbons (Fsp3) is 0.684. The molecule has 0 saturated heterocycles. The van der Waals surface area contributed by atoms with Crippen molar-refractivity contribution >= 4 is 0 Å². The Labute approximate surface area is 124 Å². The second kappa shape index (κ2) is 7.71. The van der Waals surface area contributed by atoms with Crippen molar-refractivity contribution in [1.29, 1.82) is 0 Å². The Kier molecular flexibility index (Phi) is 5.94. The maximum absolute atomic E-state index is 5.67. The summed E-state index contributed by atoms with van der Waals surface area (Å²) in [6.07, 6.45) is 8.01. The summed E-state index contributed by atoms with van der Waals surface area (Å²) in [5.74, 6) is 3.56. The molecule has 0 spiro atoms. The highest BCUT2D eigenvalue weighted by atomic mass is 16.5. The van der Waals surface area contributed by atoms with Gasteiger partial charge in [-0.25, -0.2) is 0 Å². The molecule has 0 aromatic heterocycles. The fourth-order valence-corrected chi connectivity index (χ4v) is 3.70. The summed E-state index contributed by atoms with van der Waals surface area (Å²) in [5.41, 5.74) is 1.51. The van der Waals surface area contributed by atoms with Crippen molar-refractivity contribution < 1.29 is 4.74 Å². The summed E-state index contributed by atoms with van der Waals surface area (Å²) < 4.78 is 5.67. The molecule has 0 heterocycles. The monoisotopic (exact) mass is 274 g/mol. The Balaban J connectivity index is 1.94. The fourth-order valence-electron chi connectivity index (χ4n) is 3.70. The topological polar surface area (TPSA) is 9.23 Å². The molecule has 0 amide bonds. The van der Waals surface area contributed by atoms with Crippen molar-refractivity contribution in [2.24, 2.45) is 11.8 Å². The first-order valence-corrected chi connectivity index (χ1v) is 8.47. The first kappa shape index (κ1) is 15.4. The summed E-state index contributed by atoms with van der Waals surface area (Å²) >= 11 is 0. The molecule has 0 aliphatic heterocycles. The molecule has 1 aromatic rings. The molecular formula is C19H30O. The summed E-state index contributed by atoms with van der Waals surface area (Å²) in [6, 6.07) is 8.87. The molecule has 1 aliphatic carbocycles. The molecule has 0 radical (unpaired) electrons. The normalized spacial score (nSPS) is 26.4. The van der Waals surface area contributed by atoms with Crippen LogP contribution in [0.5, 0.6) is 5.75 Å². The Morgan fingerprint density at radius 1 is 1.05 bits per heavy atom. The van der Waals surface area contributed by atoms with Crippen LogP contribution in [0, 0.1) is 11.8 Å². The van der Waals surface area contributed by atoms with Crippen LogP contribution in [-0.2, 0) is 0 Å². The molecular weight excluding hydrogens is 244 g/mol. The van der Waals surface area contributed by atoms with Gasteiger partial charge in [-0.05, 0) is 61.1 Å². The zero-order valence-corrected chi connectivity index (χ0v) is 13.4. The van der Waals surface area contributed by atoms with Gasteiger partial charge in [0.25, 0.3) is 0 Å². The van der Waals surface area contributed by atoms with Crippen LogP contribution in [0.25, 0.3) is 0 Å². The smallest absolute Gasteiger partial charge is 0.119 e. The lowest BCUT2D eigenvalue weighted by molar-refractivity contribution is 0.235. The molecule has 3 unspecified atom stereocenters. The van der Waals surface area contributed by atoms with Crippen molar-refractivity contribution in [3.05, 3.63) is 29.8 Å². The second-order valence-corrected chi connectivity index (χ2v) is 6.47. The van der Waals surface area contributed by atoms with Gasteiger partial charge in [0.15, 0.2) is 0 Å². The van der Waals surface area contributed by atoms with Gasteiger partial charge in [-0.3, -0.25) is 0 Å². The van der Waals surface area contributed by atoms with Gasteiger partial charge < -0.3 is 4.74 Å². The van der Waals surface area contributed by atoms with E-state index in [9.17, 15) is 0 Å². The van der Waals surface area contributed by atoms with E-state index >= 15 is 0 Å². The van der Waals surface area contributed by atoms with Crippen LogP contribution < -0.4 is 4.74 Å². The van der Waals surface area contributed by atoms with Crippen LogP contribution in [-0.4, -0.2) is 6.61 Å². The van der Waals surface area contributed by atoms with Crippen LogP contribution >= 0.6 is 0 Å². The maximum atomic E-state index is 5.67. The van der Waals surface area contributed by atoms with E-state index in [1.54, 1.807) is 0 Å². The number of hydrogen-bond acceptors (Lipinski definition) is 1. The number of rotatable bonds is 6. The Hall–Kier alpha value is -0.980. The van der Waals surface area contributed by atoms with E-state index in [-0.39, 0.29) is 0 Å². The predicted molar refractivity (Wildman–Crippen MR) is 86.4 cm³/mol. The van der Waals surface area contributed by atoms with E-state index in [1.165, 1.54) is 37.7 Å². The summed E-state index contributed by atoms with van der Waals surface area (Å²) in [5, 5.41) is 0. The molecule has 2 rings (SSSR count). The molecule has 0 bridgehead atoms. The number of benzene rings is 1. The minimum absolute atomic E-state index is 0.753. The third-order valence-electron chi connectivity index (χ3n) is 4.76. The highest BCUT2D eigenvalue weighted by Crippen LogP contribution is 2.41. The Bertz CT molecular complexity index is 381. The van der Waals surface area contributed by atoms with Gasteiger partial charge in [0, 0.05) is 0 Å². The van der Waals surface area contributed by atoms with Gasteiger partial charge in [-0.1, -0.05) is 45.7 Å². The third kappa shape index (κ3) is 4.01. The van der Waals surface area contributed by atoms with Crippen LogP contribution in [0.15, 0.2) is 24.3 Å². The molecule has 0 N–H and O–H groups in total. The highest BCUT2D eigenvalue weighted by Gasteiger charge is 2.27. The van der Waals surface area contributed by atoms with Crippen molar-refractivity contribution in [3.63, 3.8) is 0 Å². The molecule has 1 fully saturated rings. The Morgan fingerprint density at radius 3 is 2.40 bits per heavy atom. The minimum atomic E-state index is 0.753.